The molecule has 0 aliphatic rings. The van der Waals surface area contributed by atoms with Gasteiger partial charge in [0.25, 0.3) is 0 Å². The molecule has 3 heteroatoms. The van der Waals surface area contributed by atoms with Gasteiger partial charge in [-0.15, -0.1) is 0 Å². The highest BCUT2D eigenvalue weighted by atomic mass is 19.1. The van der Waals surface area contributed by atoms with E-state index in [0.717, 1.165) is 11.1 Å². The van der Waals surface area contributed by atoms with Crippen molar-refractivity contribution in [3.63, 3.8) is 0 Å². The van der Waals surface area contributed by atoms with Crippen LogP contribution in [0.4, 0.5) is 10.1 Å². The lowest BCUT2D eigenvalue weighted by molar-refractivity contribution is 0.223. The summed E-state index contributed by atoms with van der Waals surface area (Å²) in [6.45, 7) is 3.82. The van der Waals surface area contributed by atoms with Crippen molar-refractivity contribution in [3.05, 3.63) is 65.5 Å². The molecule has 1 atom stereocenters. The van der Waals surface area contributed by atoms with Crippen molar-refractivity contribution in [1.82, 2.24) is 0 Å². The van der Waals surface area contributed by atoms with Gasteiger partial charge in [-0.1, -0.05) is 30.3 Å². The number of halogens is 1. The predicted molar refractivity (Wildman–Crippen MR) is 75.6 cm³/mol. The molecule has 0 spiro atoms. The summed E-state index contributed by atoms with van der Waals surface area (Å²) >= 11 is 0. The summed E-state index contributed by atoms with van der Waals surface area (Å²) < 4.78 is 13.2. The number of nitrogens with one attached hydrogen (secondary N) is 1. The molecule has 0 bridgehead atoms. The van der Waals surface area contributed by atoms with Crippen LogP contribution in [0.2, 0.25) is 0 Å². The quantitative estimate of drug-likeness (QED) is 0.881. The standard InChI is InChI=1S/C16H18FNO/c1-12-6-3-4-9-15(12)16(2,11-19)18-14-8-5-7-13(17)10-14/h3-10,18-19H,11H2,1-2H3. The first-order valence-electron chi connectivity index (χ1n) is 6.26. The van der Waals surface area contributed by atoms with Gasteiger partial charge in [-0.2, -0.15) is 0 Å². The Labute approximate surface area is 112 Å². The summed E-state index contributed by atoms with van der Waals surface area (Å²) in [5.74, 6) is -0.296. The minimum absolute atomic E-state index is 0.0750. The van der Waals surface area contributed by atoms with Gasteiger partial charge >= 0.3 is 0 Å². The molecule has 19 heavy (non-hydrogen) atoms. The molecule has 2 aromatic carbocycles. The van der Waals surface area contributed by atoms with Crippen LogP contribution < -0.4 is 5.32 Å². The Morgan fingerprint density at radius 2 is 1.89 bits per heavy atom. The zero-order chi connectivity index (χ0) is 13.9. The number of aliphatic hydroxyl groups excluding tert-OH is 1. The number of aryl methyl sites for hydroxylation is 1. The molecule has 0 amide bonds. The maximum atomic E-state index is 13.2. The predicted octanol–water partition coefficient (Wildman–Crippen LogP) is 3.45. The van der Waals surface area contributed by atoms with Crippen LogP contribution in [-0.4, -0.2) is 11.7 Å². The first-order valence-corrected chi connectivity index (χ1v) is 6.26. The summed E-state index contributed by atoms with van der Waals surface area (Å²) in [4.78, 5) is 0. The van der Waals surface area contributed by atoms with E-state index in [1.54, 1.807) is 12.1 Å². The average Bonchev–Trinajstić information content (AvgIpc) is 2.39. The van der Waals surface area contributed by atoms with Gasteiger partial charge in [0.05, 0.1) is 12.1 Å². The fourth-order valence-electron chi connectivity index (χ4n) is 2.27. The first-order chi connectivity index (χ1) is 9.05. The minimum atomic E-state index is -0.640. The van der Waals surface area contributed by atoms with Crippen LogP contribution in [0.15, 0.2) is 48.5 Å². The molecule has 0 radical (unpaired) electrons. The Hall–Kier alpha value is -1.87. The van der Waals surface area contributed by atoms with Crippen molar-refractivity contribution in [2.24, 2.45) is 0 Å². The van der Waals surface area contributed by atoms with E-state index in [9.17, 15) is 9.50 Å². The largest absolute Gasteiger partial charge is 0.394 e. The van der Waals surface area contributed by atoms with Crippen molar-refractivity contribution in [2.75, 3.05) is 11.9 Å². The molecule has 0 saturated heterocycles. The number of hydrogen-bond acceptors (Lipinski definition) is 2. The Balaban J connectivity index is 2.36. The van der Waals surface area contributed by atoms with Crippen LogP contribution in [0.1, 0.15) is 18.1 Å². The van der Waals surface area contributed by atoms with E-state index in [1.165, 1.54) is 12.1 Å². The number of benzene rings is 2. The Kier molecular flexibility index (Phi) is 3.86. The van der Waals surface area contributed by atoms with Gasteiger partial charge in [0.1, 0.15) is 5.82 Å². The van der Waals surface area contributed by atoms with Crippen molar-refractivity contribution < 1.29 is 9.50 Å². The summed E-state index contributed by atoms with van der Waals surface area (Å²) in [5, 5.41) is 13.0. The topological polar surface area (TPSA) is 32.3 Å². The molecule has 2 N–H and O–H groups in total. The first kappa shape index (κ1) is 13.6. The monoisotopic (exact) mass is 259 g/mol. The zero-order valence-corrected chi connectivity index (χ0v) is 11.2. The molecule has 1 unspecified atom stereocenters. The van der Waals surface area contributed by atoms with Crippen LogP contribution in [0.5, 0.6) is 0 Å². The second-order valence-electron chi connectivity index (χ2n) is 4.94. The van der Waals surface area contributed by atoms with Crippen LogP contribution in [0.3, 0.4) is 0 Å². The van der Waals surface area contributed by atoms with Gasteiger partial charge in [0.2, 0.25) is 0 Å². The summed E-state index contributed by atoms with van der Waals surface area (Å²) in [6, 6.07) is 14.1. The lowest BCUT2D eigenvalue weighted by Gasteiger charge is -2.32. The minimum Gasteiger partial charge on any atom is -0.394 e. The van der Waals surface area contributed by atoms with Crippen LogP contribution >= 0.6 is 0 Å². The van der Waals surface area contributed by atoms with E-state index < -0.39 is 5.54 Å². The molecular formula is C16H18FNO. The van der Waals surface area contributed by atoms with Crippen LogP contribution in [0.25, 0.3) is 0 Å². The molecular weight excluding hydrogens is 241 g/mol. The van der Waals surface area contributed by atoms with Crippen molar-refractivity contribution in [1.29, 1.82) is 0 Å². The molecule has 100 valence electrons. The number of aliphatic hydroxyl groups is 1. The van der Waals surface area contributed by atoms with Gasteiger partial charge in [0.15, 0.2) is 0 Å². The summed E-state index contributed by atoms with van der Waals surface area (Å²) in [6.07, 6.45) is 0. The molecule has 0 aliphatic carbocycles. The molecule has 0 saturated carbocycles. The highest BCUT2D eigenvalue weighted by Crippen LogP contribution is 2.28. The van der Waals surface area contributed by atoms with E-state index >= 15 is 0 Å². The fourth-order valence-corrected chi connectivity index (χ4v) is 2.27. The average molecular weight is 259 g/mol. The van der Waals surface area contributed by atoms with Crippen molar-refractivity contribution in [3.8, 4) is 0 Å². The van der Waals surface area contributed by atoms with Gasteiger partial charge in [-0.3, -0.25) is 0 Å². The molecule has 0 heterocycles. The molecule has 2 nitrogen and oxygen atoms in total. The molecule has 0 aromatic heterocycles. The van der Waals surface area contributed by atoms with Gasteiger partial charge in [-0.05, 0) is 43.2 Å². The second-order valence-corrected chi connectivity index (χ2v) is 4.94. The van der Waals surface area contributed by atoms with E-state index in [0.29, 0.717) is 5.69 Å². The number of hydrogen-bond donors (Lipinski definition) is 2. The second kappa shape index (κ2) is 5.41. The van der Waals surface area contributed by atoms with Crippen LogP contribution in [-0.2, 0) is 5.54 Å². The number of rotatable bonds is 4. The Morgan fingerprint density at radius 3 is 2.53 bits per heavy atom. The third-order valence-corrected chi connectivity index (χ3v) is 3.30. The van der Waals surface area contributed by atoms with E-state index in [-0.39, 0.29) is 12.4 Å². The molecule has 0 aliphatic heterocycles. The lowest BCUT2D eigenvalue weighted by atomic mass is 9.89. The Morgan fingerprint density at radius 1 is 1.16 bits per heavy atom. The van der Waals surface area contributed by atoms with E-state index in [2.05, 4.69) is 5.32 Å². The van der Waals surface area contributed by atoms with E-state index in [4.69, 9.17) is 0 Å². The maximum Gasteiger partial charge on any atom is 0.125 e. The maximum absolute atomic E-state index is 13.2. The Bertz CT molecular complexity index is 570. The van der Waals surface area contributed by atoms with Crippen molar-refractivity contribution in [2.45, 2.75) is 19.4 Å². The zero-order valence-electron chi connectivity index (χ0n) is 11.2. The van der Waals surface area contributed by atoms with E-state index in [1.807, 2.05) is 38.1 Å². The van der Waals surface area contributed by atoms with Gasteiger partial charge < -0.3 is 10.4 Å². The SMILES string of the molecule is Cc1ccccc1C(C)(CO)Nc1cccc(F)c1. The highest BCUT2D eigenvalue weighted by Gasteiger charge is 2.27. The third-order valence-electron chi connectivity index (χ3n) is 3.30. The van der Waals surface area contributed by atoms with Crippen molar-refractivity contribution >= 4 is 5.69 Å². The third kappa shape index (κ3) is 2.93. The van der Waals surface area contributed by atoms with Gasteiger partial charge in [0, 0.05) is 5.69 Å². The molecule has 2 aromatic rings. The fraction of sp³-hybridized carbons (Fsp3) is 0.250. The van der Waals surface area contributed by atoms with Crippen LogP contribution in [0, 0.1) is 12.7 Å². The molecule has 2 rings (SSSR count). The smallest absolute Gasteiger partial charge is 0.125 e. The van der Waals surface area contributed by atoms with Gasteiger partial charge in [-0.25, -0.2) is 4.39 Å². The summed E-state index contributed by atoms with van der Waals surface area (Å²) in [5.41, 5.74) is 2.10. The highest BCUT2D eigenvalue weighted by molar-refractivity contribution is 5.49. The summed E-state index contributed by atoms with van der Waals surface area (Å²) in [7, 11) is 0. The molecule has 0 fully saturated rings. The number of anilines is 1. The lowest BCUT2D eigenvalue weighted by Crippen LogP contribution is -2.36. The normalized spacial score (nSPS) is 13.9.